The summed E-state index contributed by atoms with van der Waals surface area (Å²) in [5.74, 6) is 0.655. The van der Waals surface area contributed by atoms with Crippen LogP contribution >= 0.6 is 11.6 Å². The van der Waals surface area contributed by atoms with Gasteiger partial charge in [-0.25, -0.2) is 4.79 Å². The van der Waals surface area contributed by atoms with Crippen LogP contribution in [0.25, 0.3) is 11.5 Å². The molecule has 0 fully saturated rings. The molecule has 2 N–H and O–H groups in total. The first-order chi connectivity index (χ1) is 15.0. The quantitative estimate of drug-likeness (QED) is 0.410. The Labute approximate surface area is 185 Å². The normalized spacial score (nSPS) is 11.7. The molecule has 0 spiro atoms. The van der Waals surface area contributed by atoms with Crippen molar-refractivity contribution < 1.29 is 9.21 Å². The summed E-state index contributed by atoms with van der Waals surface area (Å²) in [5.41, 5.74) is 4.52. The van der Waals surface area contributed by atoms with E-state index in [1.54, 1.807) is 12.1 Å². The van der Waals surface area contributed by atoms with E-state index in [1.807, 2.05) is 74.5 Å². The SMILES string of the molecule is Cc1ccc(NC(=O)N[C@H](c2ccc(Cl)cc2)c2nnc(-c3ccccc3)o2)cc1C. The van der Waals surface area contributed by atoms with Gasteiger partial charge in [-0.2, -0.15) is 0 Å². The van der Waals surface area contributed by atoms with Crippen molar-refractivity contribution in [1.82, 2.24) is 15.5 Å². The molecule has 1 heterocycles. The third-order valence-corrected chi connectivity index (χ3v) is 5.20. The fraction of sp³-hybridized carbons (Fsp3) is 0.125. The zero-order valence-corrected chi connectivity index (χ0v) is 17.9. The van der Waals surface area contributed by atoms with Crippen LogP contribution < -0.4 is 10.6 Å². The van der Waals surface area contributed by atoms with E-state index in [0.717, 1.165) is 22.3 Å². The summed E-state index contributed by atoms with van der Waals surface area (Å²) in [4.78, 5) is 12.8. The van der Waals surface area contributed by atoms with Crippen LogP contribution in [-0.2, 0) is 0 Å². The van der Waals surface area contributed by atoms with Gasteiger partial charge in [-0.15, -0.1) is 10.2 Å². The van der Waals surface area contributed by atoms with Crippen molar-refractivity contribution in [2.75, 3.05) is 5.32 Å². The van der Waals surface area contributed by atoms with Gasteiger partial charge in [0.15, 0.2) is 0 Å². The number of aryl methyl sites for hydroxylation is 2. The van der Waals surface area contributed by atoms with Crippen LogP contribution in [0.15, 0.2) is 77.2 Å². The Bertz CT molecular complexity index is 1190. The minimum Gasteiger partial charge on any atom is -0.418 e. The number of anilines is 1. The maximum Gasteiger partial charge on any atom is 0.320 e. The topological polar surface area (TPSA) is 80.0 Å². The number of hydrogen-bond acceptors (Lipinski definition) is 4. The molecule has 0 aliphatic carbocycles. The highest BCUT2D eigenvalue weighted by Gasteiger charge is 2.23. The lowest BCUT2D eigenvalue weighted by Gasteiger charge is -2.17. The monoisotopic (exact) mass is 432 g/mol. The van der Waals surface area contributed by atoms with Crippen molar-refractivity contribution in [1.29, 1.82) is 0 Å². The summed E-state index contributed by atoms with van der Waals surface area (Å²) in [6, 6.07) is 21.3. The Kier molecular flexibility index (Phi) is 6.00. The average molecular weight is 433 g/mol. The number of urea groups is 1. The lowest BCUT2D eigenvalue weighted by Crippen LogP contribution is -2.33. The van der Waals surface area contributed by atoms with Crippen molar-refractivity contribution in [2.24, 2.45) is 0 Å². The number of hydrogen-bond donors (Lipinski definition) is 2. The first-order valence-electron chi connectivity index (χ1n) is 9.78. The van der Waals surface area contributed by atoms with Crippen LogP contribution in [0.5, 0.6) is 0 Å². The van der Waals surface area contributed by atoms with Crippen molar-refractivity contribution in [2.45, 2.75) is 19.9 Å². The van der Waals surface area contributed by atoms with Crippen LogP contribution in [-0.4, -0.2) is 16.2 Å². The van der Waals surface area contributed by atoms with E-state index >= 15 is 0 Å². The standard InChI is InChI=1S/C24H21ClN4O2/c1-15-8-13-20(14-16(15)2)26-24(30)27-21(17-9-11-19(25)12-10-17)23-29-28-22(31-23)18-6-4-3-5-7-18/h3-14,21H,1-2H3,(H2,26,27,30)/t21-/m1/s1. The lowest BCUT2D eigenvalue weighted by molar-refractivity contribution is 0.248. The molecule has 6 nitrogen and oxygen atoms in total. The molecule has 0 bridgehead atoms. The molecule has 4 rings (SSSR count). The van der Waals surface area contributed by atoms with Crippen molar-refractivity contribution in [3.05, 3.63) is 100 Å². The Hall–Kier alpha value is -3.64. The lowest BCUT2D eigenvalue weighted by atomic mass is 10.1. The number of aromatic nitrogens is 2. The summed E-state index contributed by atoms with van der Waals surface area (Å²) >= 11 is 6.04. The van der Waals surface area contributed by atoms with Crippen LogP contribution in [0, 0.1) is 13.8 Å². The molecule has 3 aromatic carbocycles. The molecule has 1 atom stereocenters. The minimum absolute atomic E-state index is 0.274. The highest BCUT2D eigenvalue weighted by Crippen LogP contribution is 2.26. The summed E-state index contributed by atoms with van der Waals surface area (Å²) < 4.78 is 5.90. The van der Waals surface area contributed by atoms with Crippen molar-refractivity contribution >= 4 is 23.3 Å². The second-order valence-corrected chi connectivity index (χ2v) is 7.63. The minimum atomic E-state index is -0.645. The maximum absolute atomic E-state index is 12.8. The van der Waals surface area contributed by atoms with E-state index in [4.69, 9.17) is 16.0 Å². The summed E-state index contributed by atoms with van der Waals surface area (Å²) in [5, 5.41) is 14.7. The number of benzene rings is 3. The van der Waals surface area contributed by atoms with E-state index in [9.17, 15) is 4.79 Å². The van der Waals surface area contributed by atoms with Crippen LogP contribution in [0.4, 0.5) is 10.5 Å². The van der Waals surface area contributed by atoms with E-state index in [2.05, 4.69) is 20.8 Å². The molecule has 4 aromatic rings. The maximum atomic E-state index is 12.8. The fourth-order valence-electron chi connectivity index (χ4n) is 3.11. The molecule has 0 aliphatic rings. The molecule has 7 heteroatoms. The number of carbonyl (C=O) groups excluding carboxylic acids is 1. The third kappa shape index (κ3) is 4.92. The number of nitrogens with one attached hydrogen (secondary N) is 2. The van der Waals surface area contributed by atoms with Gasteiger partial charge < -0.3 is 15.1 Å². The van der Waals surface area contributed by atoms with Crippen molar-refractivity contribution in [3.8, 4) is 11.5 Å². The number of carbonyl (C=O) groups is 1. The zero-order chi connectivity index (χ0) is 21.8. The second kappa shape index (κ2) is 9.02. The predicted molar refractivity (Wildman–Crippen MR) is 121 cm³/mol. The van der Waals surface area contributed by atoms with Gasteiger partial charge in [0.25, 0.3) is 0 Å². The molecule has 2 amide bonds. The zero-order valence-electron chi connectivity index (χ0n) is 17.1. The third-order valence-electron chi connectivity index (χ3n) is 4.95. The molecule has 0 unspecified atom stereocenters. The Morgan fingerprint density at radius 3 is 2.39 bits per heavy atom. The first kappa shape index (κ1) is 20.6. The molecule has 156 valence electrons. The smallest absolute Gasteiger partial charge is 0.320 e. The largest absolute Gasteiger partial charge is 0.418 e. The van der Waals surface area contributed by atoms with Crippen LogP contribution in [0.2, 0.25) is 5.02 Å². The number of nitrogens with zero attached hydrogens (tertiary/aromatic N) is 2. The van der Waals surface area contributed by atoms with Gasteiger partial charge in [0.2, 0.25) is 11.8 Å². The van der Waals surface area contributed by atoms with Gasteiger partial charge in [-0.05, 0) is 66.9 Å². The van der Waals surface area contributed by atoms with Gasteiger partial charge in [0.1, 0.15) is 6.04 Å². The Morgan fingerprint density at radius 2 is 1.68 bits per heavy atom. The molecule has 1 aromatic heterocycles. The molecular formula is C24H21ClN4O2. The summed E-state index contributed by atoms with van der Waals surface area (Å²) in [6.07, 6.45) is 0. The van der Waals surface area contributed by atoms with E-state index in [-0.39, 0.29) is 11.9 Å². The Morgan fingerprint density at radius 1 is 0.935 bits per heavy atom. The Balaban J connectivity index is 1.60. The molecular weight excluding hydrogens is 412 g/mol. The van der Waals surface area contributed by atoms with Crippen LogP contribution in [0.1, 0.15) is 28.6 Å². The van der Waals surface area contributed by atoms with E-state index < -0.39 is 6.04 Å². The fourth-order valence-corrected chi connectivity index (χ4v) is 3.23. The van der Waals surface area contributed by atoms with E-state index in [0.29, 0.717) is 16.6 Å². The predicted octanol–water partition coefficient (Wildman–Crippen LogP) is 5.92. The first-order valence-corrected chi connectivity index (χ1v) is 10.2. The highest BCUT2D eigenvalue weighted by molar-refractivity contribution is 6.30. The molecule has 0 radical (unpaired) electrons. The molecule has 0 saturated heterocycles. The molecule has 0 aliphatic heterocycles. The van der Waals surface area contributed by atoms with Gasteiger partial charge in [-0.3, -0.25) is 0 Å². The highest BCUT2D eigenvalue weighted by atomic mass is 35.5. The van der Waals surface area contributed by atoms with E-state index in [1.165, 1.54) is 0 Å². The van der Waals surface area contributed by atoms with Gasteiger partial charge in [0, 0.05) is 16.3 Å². The van der Waals surface area contributed by atoms with Crippen LogP contribution in [0.3, 0.4) is 0 Å². The number of rotatable bonds is 5. The molecule has 31 heavy (non-hydrogen) atoms. The summed E-state index contributed by atoms with van der Waals surface area (Å²) in [7, 11) is 0. The second-order valence-electron chi connectivity index (χ2n) is 7.19. The van der Waals surface area contributed by atoms with Gasteiger partial charge in [-0.1, -0.05) is 48.0 Å². The number of halogens is 1. The summed E-state index contributed by atoms with van der Waals surface area (Å²) in [6.45, 7) is 4.02. The van der Waals surface area contributed by atoms with Gasteiger partial charge >= 0.3 is 6.03 Å². The van der Waals surface area contributed by atoms with Crippen molar-refractivity contribution in [3.63, 3.8) is 0 Å². The number of amides is 2. The average Bonchev–Trinajstić information content (AvgIpc) is 3.26. The van der Waals surface area contributed by atoms with Gasteiger partial charge in [0.05, 0.1) is 0 Å². The molecule has 0 saturated carbocycles.